The van der Waals surface area contributed by atoms with Crippen molar-refractivity contribution in [1.29, 1.82) is 0 Å². The van der Waals surface area contributed by atoms with E-state index in [0.29, 0.717) is 22.9 Å². The van der Waals surface area contributed by atoms with Crippen LogP contribution in [0.4, 0.5) is 0 Å². The molecule has 2 N–H and O–H groups in total. The number of aromatic nitrogens is 2. The molecule has 1 amide bonds. The maximum atomic E-state index is 12.1. The summed E-state index contributed by atoms with van der Waals surface area (Å²) in [5.74, 6) is -1.22. The number of amides is 1. The molecule has 0 spiro atoms. The summed E-state index contributed by atoms with van der Waals surface area (Å²) in [6, 6.07) is 0. The largest absolute Gasteiger partial charge is 0.476 e. The molecule has 0 aliphatic carbocycles. The highest BCUT2D eigenvalue weighted by Gasteiger charge is 2.22. The minimum atomic E-state index is -1.04. The van der Waals surface area contributed by atoms with E-state index in [-0.39, 0.29) is 17.7 Å². The molecular weight excluding hydrogens is 338 g/mol. The van der Waals surface area contributed by atoms with E-state index in [2.05, 4.69) is 15.3 Å². The third-order valence-corrected chi connectivity index (χ3v) is 5.34. The van der Waals surface area contributed by atoms with Crippen molar-refractivity contribution < 1.29 is 19.4 Å². The molecule has 1 atom stereocenters. The fourth-order valence-corrected chi connectivity index (χ4v) is 3.90. The van der Waals surface area contributed by atoms with Gasteiger partial charge in [-0.25, -0.2) is 14.8 Å². The first-order valence-corrected chi connectivity index (χ1v) is 8.86. The summed E-state index contributed by atoms with van der Waals surface area (Å²) in [6.07, 6.45) is 4.07. The molecule has 7 nitrogen and oxygen atoms in total. The second-order valence-electron chi connectivity index (χ2n) is 5.00. The molecule has 1 aliphatic rings. The third kappa shape index (κ3) is 3.92. The number of rotatable bonds is 6. The van der Waals surface area contributed by atoms with E-state index in [1.165, 1.54) is 28.1 Å². The van der Waals surface area contributed by atoms with Gasteiger partial charge in [-0.15, -0.1) is 22.7 Å². The number of hydrogen-bond donors (Lipinski definition) is 2. The standard InChI is InChI=1S/C14H15N3O4S2/c18-12(10-6-16-13(23-10)9-2-1-5-21-9)15-4-3-11-17-8(7-22-11)14(19)20/h6-7,9H,1-5H2,(H,15,18)(H,19,20). The fourth-order valence-electron chi connectivity index (χ4n) is 2.21. The average molecular weight is 353 g/mol. The quantitative estimate of drug-likeness (QED) is 0.825. The zero-order valence-electron chi connectivity index (χ0n) is 12.2. The van der Waals surface area contributed by atoms with E-state index < -0.39 is 5.97 Å². The van der Waals surface area contributed by atoms with Gasteiger partial charge in [-0.05, 0) is 12.8 Å². The molecule has 1 saturated heterocycles. The van der Waals surface area contributed by atoms with Crippen LogP contribution in [0.5, 0.6) is 0 Å². The molecule has 1 unspecified atom stereocenters. The van der Waals surface area contributed by atoms with Crippen molar-refractivity contribution in [3.8, 4) is 0 Å². The van der Waals surface area contributed by atoms with Crippen LogP contribution in [0.25, 0.3) is 0 Å². The van der Waals surface area contributed by atoms with Crippen LogP contribution in [-0.2, 0) is 11.2 Å². The number of carbonyl (C=O) groups is 2. The lowest BCUT2D eigenvalue weighted by Crippen LogP contribution is -2.24. The second-order valence-corrected chi connectivity index (χ2v) is 7.01. The van der Waals surface area contributed by atoms with E-state index >= 15 is 0 Å². The Bertz CT molecular complexity index is 706. The summed E-state index contributed by atoms with van der Waals surface area (Å²) in [7, 11) is 0. The Morgan fingerprint density at radius 3 is 3.04 bits per heavy atom. The van der Waals surface area contributed by atoms with Crippen molar-refractivity contribution in [3.63, 3.8) is 0 Å². The van der Waals surface area contributed by atoms with E-state index in [1.807, 2.05) is 0 Å². The summed E-state index contributed by atoms with van der Waals surface area (Å²) >= 11 is 2.63. The summed E-state index contributed by atoms with van der Waals surface area (Å²) < 4.78 is 5.55. The van der Waals surface area contributed by atoms with Crippen molar-refractivity contribution in [1.82, 2.24) is 15.3 Å². The number of hydrogen-bond acceptors (Lipinski definition) is 7. The van der Waals surface area contributed by atoms with Crippen LogP contribution in [0.2, 0.25) is 0 Å². The van der Waals surface area contributed by atoms with Gasteiger partial charge in [0.1, 0.15) is 16.0 Å². The molecule has 122 valence electrons. The number of thiazole rings is 2. The Kier molecular flexibility index (Phi) is 4.99. The maximum absolute atomic E-state index is 12.1. The number of carboxylic acid groups (broad SMARTS) is 1. The predicted octanol–water partition coefficient (Wildman–Crippen LogP) is 2.12. The number of ether oxygens (including phenoxy) is 1. The van der Waals surface area contributed by atoms with Crippen LogP contribution >= 0.6 is 22.7 Å². The average Bonchev–Trinajstić information content (AvgIpc) is 3.27. The summed E-state index contributed by atoms with van der Waals surface area (Å²) in [6.45, 7) is 1.15. The van der Waals surface area contributed by atoms with Crippen LogP contribution in [0, 0.1) is 0 Å². The van der Waals surface area contributed by atoms with Gasteiger partial charge in [0.05, 0.1) is 11.2 Å². The molecule has 0 aromatic carbocycles. The molecule has 0 bridgehead atoms. The molecule has 9 heteroatoms. The topological polar surface area (TPSA) is 101 Å². The Labute approximate surface area is 140 Å². The fraction of sp³-hybridized carbons (Fsp3) is 0.429. The summed E-state index contributed by atoms with van der Waals surface area (Å²) in [5.41, 5.74) is 0.0417. The highest BCUT2D eigenvalue weighted by atomic mass is 32.1. The molecule has 0 radical (unpaired) electrons. The Morgan fingerprint density at radius 1 is 1.48 bits per heavy atom. The van der Waals surface area contributed by atoms with Gasteiger partial charge in [0.2, 0.25) is 0 Å². The van der Waals surface area contributed by atoms with Gasteiger partial charge >= 0.3 is 5.97 Å². The normalized spacial score (nSPS) is 17.3. The molecule has 2 aromatic heterocycles. The van der Waals surface area contributed by atoms with Gasteiger partial charge in [0.15, 0.2) is 5.69 Å². The minimum Gasteiger partial charge on any atom is -0.476 e. The van der Waals surface area contributed by atoms with Crippen molar-refractivity contribution in [2.45, 2.75) is 25.4 Å². The van der Waals surface area contributed by atoms with Gasteiger partial charge in [0, 0.05) is 25.0 Å². The van der Waals surface area contributed by atoms with Crippen LogP contribution in [0.15, 0.2) is 11.6 Å². The zero-order valence-corrected chi connectivity index (χ0v) is 13.8. The van der Waals surface area contributed by atoms with Gasteiger partial charge in [-0.2, -0.15) is 0 Å². The summed E-state index contributed by atoms with van der Waals surface area (Å²) in [4.78, 5) is 31.6. The molecule has 23 heavy (non-hydrogen) atoms. The number of nitrogens with one attached hydrogen (secondary N) is 1. The van der Waals surface area contributed by atoms with Crippen LogP contribution < -0.4 is 5.32 Å². The lowest BCUT2D eigenvalue weighted by molar-refractivity contribution is 0.0690. The monoisotopic (exact) mass is 353 g/mol. The maximum Gasteiger partial charge on any atom is 0.355 e. The first kappa shape index (κ1) is 16.0. The van der Waals surface area contributed by atoms with Gasteiger partial charge in [0.25, 0.3) is 5.91 Å². The van der Waals surface area contributed by atoms with E-state index in [0.717, 1.165) is 24.5 Å². The van der Waals surface area contributed by atoms with Crippen LogP contribution in [0.3, 0.4) is 0 Å². The van der Waals surface area contributed by atoms with E-state index in [9.17, 15) is 9.59 Å². The molecule has 2 aromatic rings. The minimum absolute atomic E-state index is 0.0197. The third-order valence-electron chi connectivity index (χ3n) is 3.35. The smallest absolute Gasteiger partial charge is 0.355 e. The van der Waals surface area contributed by atoms with Crippen LogP contribution in [0.1, 0.15) is 49.1 Å². The zero-order chi connectivity index (χ0) is 16.2. The Morgan fingerprint density at radius 2 is 2.35 bits per heavy atom. The first-order chi connectivity index (χ1) is 11.1. The predicted molar refractivity (Wildman–Crippen MR) is 85.2 cm³/mol. The number of aromatic carboxylic acids is 1. The Balaban J connectivity index is 1.49. The highest BCUT2D eigenvalue weighted by Crippen LogP contribution is 2.31. The number of carbonyl (C=O) groups excluding carboxylic acids is 1. The number of nitrogens with zero attached hydrogens (tertiary/aromatic N) is 2. The molecule has 0 saturated carbocycles. The molecule has 3 rings (SSSR count). The highest BCUT2D eigenvalue weighted by molar-refractivity contribution is 7.13. The number of carboxylic acids is 1. The molecular formula is C14H15N3O4S2. The van der Waals surface area contributed by atoms with Gasteiger partial charge < -0.3 is 15.2 Å². The van der Waals surface area contributed by atoms with Crippen molar-refractivity contribution in [2.75, 3.05) is 13.2 Å². The molecule has 1 aliphatic heterocycles. The summed E-state index contributed by atoms with van der Waals surface area (Å²) in [5, 5.41) is 14.6. The first-order valence-electron chi connectivity index (χ1n) is 7.16. The van der Waals surface area contributed by atoms with E-state index in [4.69, 9.17) is 9.84 Å². The van der Waals surface area contributed by atoms with Crippen molar-refractivity contribution in [2.24, 2.45) is 0 Å². The van der Waals surface area contributed by atoms with Crippen LogP contribution in [-0.4, -0.2) is 40.1 Å². The van der Waals surface area contributed by atoms with Crippen molar-refractivity contribution >= 4 is 34.6 Å². The second kappa shape index (κ2) is 7.16. The SMILES string of the molecule is O=C(O)c1csc(CCNC(=O)c2cnc(C3CCCO3)s2)n1. The van der Waals surface area contributed by atoms with Gasteiger partial charge in [-0.1, -0.05) is 0 Å². The van der Waals surface area contributed by atoms with Gasteiger partial charge in [-0.3, -0.25) is 4.79 Å². The molecule has 1 fully saturated rings. The molecule has 3 heterocycles. The Hall–Kier alpha value is -1.84. The van der Waals surface area contributed by atoms with Crippen molar-refractivity contribution in [3.05, 3.63) is 32.2 Å². The van der Waals surface area contributed by atoms with E-state index in [1.54, 1.807) is 6.20 Å². The lowest BCUT2D eigenvalue weighted by Gasteiger charge is -2.03. The lowest BCUT2D eigenvalue weighted by atomic mass is 10.2.